The van der Waals surface area contributed by atoms with Crippen molar-refractivity contribution in [1.82, 2.24) is 5.32 Å². The molecule has 0 spiro atoms. The van der Waals surface area contributed by atoms with Crippen LogP contribution in [-0.2, 0) is 4.79 Å². The van der Waals surface area contributed by atoms with Crippen molar-refractivity contribution in [3.05, 3.63) is 0 Å². The van der Waals surface area contributed by atoms with Crippen molar-refractivity contribution in [2.75, 3.05) is 13.2 Å². The summed E-state index contributed by atoms with van der Waals surface area (Å²) in [6.07, 6.45) is 2.30. The van der Waals surface area contributed by atoms with Gasteiger partial charge in [-0.3, -0.25) is 4.79 Å². The molecular weight excluding hydrogens is 184 g/mol. The maximum absolute atomic E-state index is 11.3. The van der Waals surface area contributed by atoms with Gasteiger partial charge in [0, 0.05) is 18.5 Å². The molecule has 1 unspecified atom stereocenters. The Labute approximate surface area is 83.3 Å². The van der Waals surface area contributed by atoms with Gasteiger partial charge in [0.25, 0.3) is 0 Å². The zero-order valence-electron chi connectivity index (χ0n) is 8.20. The predicted molar refractivity (Wildman–Crippen MR) is 51.5 cm³/mol. The summed E-state index contributed by atoms with van der Waals surface area (Å²) in [6.45, 7) is -0.251. The fourth-order valence-electron chi connectivity index (χ4n) is 1.49. The van der Waals surface area contributed by atoms with Crippen LogP contribution in [0.1, 0.15) is 25.7 Å². The summed E-state index contributed by atoms with van der Waals surface area (Å²) in [6, 6.07) is 0. The molecule has 1 aliphatic rings. The minimum Gasteiger partial charge on any atom is -0.394 e. The maximum Gasteiger partial charge on any atom is 0.221 e. The van der Waals surface area contributed by atoms with Crippen LogP contribution in [0.25, 0.3) is 0 Å². The number of carbonyl (C=O) groups excluding carboxylic acids is 1. The second kappa shape index (κ2) is 4.72. The highest BCUT2D eigenvalue weighted by atomic mass is 16.3. The number of nitrogens with two attached hydrogens (primary N) is 1. The van der Waals surface area contributed by atoms with Gasteiger partial charge in [-0.1, -0.05) is 0 Å². The minimum atomic E-state index is -0.880. The Balaban J connectivity index is 2.16. The average Bonchev–Trinajstić information content (AvgIpc) is 2.11. The molecule has 1 atom stereocenters. The third-order valence-electron chi connectivity index (χ3n) is 2.61. The molecule has 5 N–H and O–H groups in total. The third-order valence-corrected chi connectivity index (χ3v) is 2.61. The van der Waals surface area contributed by atoms with Gasteiger partial charge in [0.1, 0.15) is 0 Å². The Morgan fingerprint density at radius 2 is 2.21 bits per heavy atom. The monoisotopic (exact) mass is 202 g/mol. The zero-order valence-corrected chi connectivity index (χ0v) is 8.20. The molecule has 0 aromatic rings. The first-order valence-electron chi connectivity index (χ1n) is 4.90. The zero-order chi connectivity index (χ0) is 10.6. The van der Waals surface area contributed by atoms with E-state index in [1.165, 1.54) is 0 Å². The summed E-state index contributed by atoms with van der Waals surface area (Å²) in [5, 5.41) is 20.0. The van der Waals surface area contributed by atoms with E-state index in [1.54, 1.807) is 0 Å². The molecule has 1 rings (SSSR count). The standard InChI is InChI=1S/C9H18N2O3/c10-9(2-1-3-9)4-8(14)11-5-7(13)6-12/h7,12-13H,1-6,10H2,(H,11,14). The van der Waals surface area contributed by atoms with Gasteiger partial charge in [-0.25, -0.2) is 0 Å². The molecule has 0 heterocycles. The Hall–Kier alpha value is -0.650. The van der Waals surface area contributed by atoms with Crippen LogP contribution in [0.4, 0.5) is 0 Å². The number of aliphatic hydroxyl groups excluding tert-OH is 2. The smallest absolute Gasteiger partial charge is 0.221 e. The van der Waals surface area contributed by atoms with Crippen molar-refractivity contribution in [2.45, 2.75) is 37.3 Å². The van der Waals surface area contributed by atoms with Crippen molar-refractivity contribution in [3.63, 3.8) is 0 Å². The molecule has 14 heavy (non-hydrogen) atoms. The molecule has 1 amide bonds. The summed E-state index contributed by atoms with van der Waals surface area (Å²) in [5.74, 6) is -0.153. The van der Waals surface area contributed by atoms with Gasteiger partial charge in [-0.05, 0) is 19.3 Å². The highest BCUT2D eigenvalue weighted by Gasteiger charge is 2.34. The normalized spacial score (nSPS) is 21.1. The van der Waals surface area contributed by atoms with Gasteiger partial charge in [0.05, 0.1) is 12.7 Å². The van der Waals surface area contributed by atoms with Gasteiger partial charge in [-0.15, -0.1) is 0 Å². The lowest BCUT2D eigenvalue weighted by atomic mass is 9.75. The largest absolute Gasteiger partial charge is 0.394 e. The number of amides is 1. The van der Waals surface area contributed by atoms with Crippen molar-refractivity contribution < 1.29 is 15.0 Å². The average molecular weight is 202 g/mol. The van der Waals surface area contributed by atoms with Gasteiger partial charge in [0.2, 0.25) is 5.91 Å². The lowest BCUT2D eigenvalue weighted by molar-refractivity contribution is -0.123. The Morgan fingerprint density at radius 3 is 2.64 bits per heavy atom. The van der Waals surface area contributed by atoms with E-state index in [0.717, 1.165) is 19.3 Å². The van der Waals surface area contributed by atoms with E-state index in [9.17, 15) is 4.79 Å². The van der Waals surface area contributed by atoms with E-state index >= 15 is 0 Å². The summed E-state index contributed by atoms with van der Waals surface area (Å²) in [5.41, 5.74) is 5.54. The van der Waals surface area contributed by atoms with Crippen molar-refractivity contribution >= 4 is 5.91 Å². The van der Waals surface area contributed by atoms with Crippen LogP contribution in [0.15, 0.2) is 0 Å². The number of aliphatic hydroxyl groups is 2. The molecule has 0 radical (unpaired) electrons. The van der Waals surface area contributed by atoms with Crippen LogP contribution in [0.3, 0.4) is 0 Å². The van der Waals surface area contributed by atoms with Gasteiger partial charge in [0.15, 0.2) is 0 Å². The Kier molecular flexibility index (Phi) is 3.86. The number of carbonyl (C=O) groups is 1. The van der Waals surface area contributed by atoms with Crippen molar-refractivity contribution in [3.8, 4) is 0 Å². The van der Waals surface area contributed by atoms with Gasteiger partial charge >= 0.3 is 0 Å². The molecule has 0 aromatic carbocycles. The lowest BCUT2D eigenvalue weighted by Gasteiger charge is -2.37. The molecule has 0 aliphatic heterocycles. The molecule has 5 nitrogen and oxygen atoms in total. The van der Waals surface area contributed by atoms with E-state index in [-0.39, 0.29) is 24.6 Å². The van der Waals surface area contributed by atoms with Crippen LogP contribution in [0.2, 0.25) is 0 Å². The number of hydrogen-bond acceptors (Lipinski definition) is 4. The summed E-state index contributed by atoms with van der Waals surface area (Å²) in [4.78, 5) is 11.3. The van der Waals surface area contributed by atoms with E-state index in [1.807, 2.05) is 0 Å². The second-order valence-electron chi connectivity index (χ2n) is 4.03. The molecule has 5 heteroatoms. The summed E-state index contributed by atoms with van der Waals surface area (Å²) < 4.78 is 0. The van der Waals surface area contributed by atoms with Crippen molar-refractivity contribution in [1.29, 1.82) is 0 Å². The van der Waals surface area contributed by atoms with E-state index in [2.05, 4.69) is 5.32 Å². The molecule has 1 saturated carbocycles. The first kappa shape index (κ1) is 11.4. The molecule has 0 bridgehead atoms. The molecule has 0 saturated heterocycles. The van der Waals surface area contributed by atoms with Crippen LogP contribution in [-0.4, -0.2) is 40.9 Å². The Bertz CT molecular complexity index is 204. The van der Waals surface area contributed by atoms with Crippen molar-refractivity contribution in [2.24, 2.45) is 5.73 Å². The topological polar surface area (TPSA) is 95.6 Å². The minimum absolute atomic E-state index is 0.0887. The molecule has 0 aromatic heterocycles. The quantitative estimate of drug-likeness (QED) is 0.447. The Morgan fingerprint density at radius 1 is 1.57 bits per heavy atom. The number of rotatable bonds is 5. The van der Waals surface area contributed by atoms with E-state index in [0.29, 0.717) is 6.42 Å². The summed E-state index contributed by atoms with van der Waals surface area (Å²) >= 11 is 0. The van der Waals surface area contributed by atoms with E-state index < -0.39 is 6.10 Å². The highest BCUT2D eigenvalue weighted by molar-refractivity contribution is 5.77. The highest BCUT2D eigenvalue weighted by Crippen LogP contribution is 2.31. The number of nitrogens with one attached hydrogen (secondary N) is 1. The van der Waals surface area contributed by atoms with Gasteiger partial charge in [-0.2, -0.15) is 0 Å². The lowest BCUT2D eigenvalue weighted by Crippen LogP contribution is -2.50. The van der Waals surface area contributed by atoms with Crippen LogP contribution >= 0.6 is 0 Å². The second-order valence-corrected chi connectivity index (χ2v) is 4.03. The first-order chi connectivity index (χ1) is 6.56. The third kappa shape index (κ3) is 3.25. The maximum atomic E-state index is 11.3. The predicted octanol–water partition coefficient (Wildman–Crippen LogP) is -1.27. The van der Waals surface area contributed by atoms with E-state index in [4.69, 9.17) is 15.9 Å². The molecular formula is C9H18N2O3. The molecule has 82 valence electrons. The van der Waals surface area contributed by atoms with Crippen LogP contribution in [0, 0.1) is 0 Å². The number of hydrogen-bond donors (Lipinski definition) is 4. The summed E-state index contributed by atoms with van der Waals surface area (Å²) in [7, 11) is 0. The van der Waals surface area contributed by atoms with Crippen LogP contribution in [0.5, 0.6) is 0 Å². The van der Waals surface area contributed by atoms with Gasteiger partial charge < -0.3 is 21.3 Å². The van der Waals surface area contributed by atoms with Crippen LogP contribution < -0.4 is 11.1 Å². The molecule has 1 fully saturated rings. The fraction of sp³-hybridized carbons (Fsp3) is 0.889. The molecule has 1 aliphatic carbocycles. The fourth-order valence-corrected chi connectivity index (χ4v) is 1.49. The first-order valence-corrected chi connectivity index (χ1v) is 4.90. The SMILES string of the molecule is NC1(CC(=O)NCC(O)CO)CCC1.